The highest BCUT2D eigenvalue weighted by atomic mass is 32.2. The van der Waals surface area contributed by atoms with E-state index in [1.807, 2.05) is 37.3 Å². The zero-order valence-corrected chi connectivity index (χ0v) is 18.6. The molecule has 3 rings (SSSR count). The van der Waals surface area contributed by atoms with Crippen molar-refractivity contribution in [1.29, 1.82) is 0 Å². The van der Waals surface area contributed by atoms with Crippen molar-refractivity contribution in [3.63, 3.8) is 0 Å². The Morgan fingerprint density at radius 1 is 1.06 bits per heavy atom. The predicted octanol–water partition coefficient (Wildman–Crippen LogP) is 4.24. The number of hydrogen-bond acceptors (Lipinski definition) is 3. The molecule has 1 saturated heterocycles. The molecule has 32 heavy (non-hydrogen) atoms. The number of hydrogen-bond donors (Lipinski definition) is 1. The summed E-state index contributed by atoms with van der Waals surface area (Å²) in [6.45, 7) is 1.94. The Balaban J connectivity index is 1.56. The van der Waals surface area contributed by atoms with Crippen molar-refractivity contribution in [1.82, 2.24) is 9.62 Å². The van der Waals surface area contributed by atoms with E-state index in [1.165, 1.54) is 11.6 Å². The highest BCUT2D eigenvalue weighted by molar-refractivity contribution is 7.89. The van der Waals surface area contributed by atoms with Gasteiger partial charge in [0, 0.05) is 25.0 Å². The van der Waals surface area contributed by atoms with Crippen LogP contribution in [-0.4, -0.2) is 37.8 Å². The van der Waals surface area contributed by atoms with Crippen LogP contribution in [0.2, 0.25) is 0 Å². The number of benzene rings is 2. The summed E-state index contributed by atoms with van der Waals surface area (Å²) in [6, 6.07) is 14.1. The smallest absolute Gasteiger partial charge is 0.353 e. The highest BCUT2D eigenvalue weighted by Crippen LogP contribution is 2.36. The molecule has 1 N–H and O–H groups in total. The molecule has 1 aliphatic heterocycles. The minimum atomic E-state index is -4.77. The molecular formula is C23H27F3N2O3S. The molecule has 1 fully saturated rings. The number of amides is 1. The molecule has 0 aliphatic carbocycles. The topological polar surface area (TPSA) is 66.5 Å². The van der Waals surface area contributed by atoms with E-state index in [9.17, 15) is 26.4 Å². The summed E-state index contributed by atoms with van der Waals surface area (Å²) in [6.07, 6.45) is -2.62. The second-order valence-electron chi connectivity index (χ2n) is 8.11. The zero-order chi connectivity index (χ0) is 23.4. The molecule has 1 amide bonds. The number of nitrogens with one attached hydrogen (secondary N) is 1. The first-order chi connectivity index (χ1) is 15.1. The van der Waals surface area contributed by atoms with Gasteiger partial charge in [-0.2, -0.15) is 17.5 Å². The summed E-state index contributed by atoms with van der Waals surface area (Å²) in [4.78, 5) is 11.9. The Morgan fingerprint density at radius 2 is 1.66 bits per heavy atom. The first-order valence-electron chi connectivity index (χ1n) is 10.6. The van der Waals surface area contributed by atoms with Crippen molar-refractivity contribution in [2.24, 2.45) is 5.92 Å². The lowest BCUT2D eigenvalue weighted by Crippen LogP contribution is -2.45. The third-order valence-corrected chi connectivity index (χ3v) is 7.69. The number of alkyl halides is 3. The van der Waals surface area contributed by atoms with E-state index in [-0.39, 0.29) is 43.8 Å². The molecule has 0 bridgehead atoms. The minimum absolute atomic E-state index is 0.00497. The summed E-state index contributed by atoms with van der Waals surface area (Å²) >= 11 is 0. The largest absolute Gasteiger partial charge is 0.417 e. The van der Waals surface area contributed by atoms with Crippen molar-refractivity contribution >= 4 is 15.9 Å². The van der Waals surface area contributed by atoms with Gasteiger partial charge in [0.25, 0.3) is 0 Å². The normalized spacial score (nSPS) is 17.1. The van der Waals surface area contributed by atoms with Crippen LogP contribution in [-0.2, 0) is 27.4 Å². The van der Waals surface area contributed by atoms with Gasteiger partial charge >= 0.3 is 6.18 Å². The molecule has 2 aromatic rings. The van der Waals surface area contributed by atoms with Crippen molar-refractivity contribution in [2.75, 3.05) is 13.1 Å². The summed E-state index contributed by atoms with van der Waals surface area (Å²) in [7, 11) is -4.31. The van der Waals surface area contributed by atoms with Crippen LogP contribution in [0.5, 0.6) is 0 Å². The van der Waals surface area contributed by atoms with Gasteiger partial charge < -0.3 is 5.32 Å². The lowest BCUT2D eigenvalue weighted by Gasteiger charge is -2.31. The van der Waals surface area contributed by atoms with Gasteiger partial charge in [0.05, 0.1) is 10.5 Å². The maximum Gasteiger partial charge on any atom is 0.417 e. The molecular weight excluding hydrogens is 441 g/mol. The number of piperidine rings is 1. The third kappa shape index (κ3) is 5.89. The maximum absolute atomic E-state index is 13.3. The molecule has 0 spiro atoms. The molecule has 1 heterocycles. The van der Waals surface area contributed by atoms with E-state index in [1.54, 1.807) is 0 Å². The van der Waals surface area contributed by atoms with Gasteiger partial charge in [0.15, 0.2) is 0 Å². The lowest BCUT2D eigenvalue weighted by molar-refractivity contribution is -0.139. The first kappa shape index (κ1) is 24.3. The third-order valence-electron chi connectivity index (χ3n) is 5.73. The van der Waals surface area contributed by atoms with E-state index in [0.29, 0.717) is 0 Å². The van der Waals surface area contributed by atoms with E-state index in [4.69, 9.17) is 0 Å². The fraction of sp³-hybridized carbons (Fsp3) is 0.435. The van der Waals surface area contributed by atoms with E-state index >= 15 is 0 Å². The lowest BCUT2D eigenvalue weighted by atomic mass is 9.96. The van der Waals surface area contributed by atoms with Crippen LogP contribution in [0.25, 0.3) is 0 Å². The number of halogens is 3. The minimum Gasteiger partial charge on any atom is -0.353 e. The van der Waals surface area contributed by atoms with Crippen LogP contribution >= 0.6 is 0 Å². The summed E-state index contributed by atoms with van der Waals surface area (Å²) in [5, 5.41) is 2.98. The average molecular weight is 469 g/mol. The summed E-state index contributed by atoms with van der Waals surface area (Å²) in [5.74, 6) is -0.503. The van der Waals surface area contributed by atoms with Gasteiger partial charge in [-0.15, -0.1) is 0 Å². The highest BCUT2D eigenvalue weighted by Gasteiger charge is 2.40. The van der Waals surface area contributed by atoms with Gasteiger partial charge in [-0.3, -0.25) is 4.79 Å². The van der Waals surface area contributed by atoms with Crippen molar-refractivity contribution < 1.29 is 26.4 Å². The van der Waals surface area contributed by atoms with Gasteiger partial charge in [-0.1, -0.05) is 42.5 Å². The molecule has 9 heteroatoms. The Labute approximate surface area is 186 Å². The first-order valence-corrected chi connectivity index (χ1v) is 12.0. The summed E-state index contributed by atoms with van der Waals surface area (Å²) in [5.41, 5.74) is 0.0124. The Hall–Kier alpha value is -2.39. The van der Waals surface area contributed by atoms with E-state index in [0.717, 1.165) is 35.3 Å². The molecule has 2 aromatic carbocycles. The molecule has 1 aliphatic rings. The molecule has 0 saturated carbocycles. The van der Waals surface area contributed by atoms with Gasteiger partial charge in [-0.25, -0.2) is 8.42 Å². The average Bonchev–Trinajstić information content (AvgIpc) is 2.78. The monoisotopic (exact) mass is 468 g/mol. The number of rotatable bonds is 7. The van der Waals surface area contributed by atoms with Crippen LogP contribution in [0, 0.1) is 5.92 Å². The van der Waals surface area contributed by atoms with Crippen molar-refractivity contribution in [3.8, 4) is 0 Å². The van der Waals surface area contributed by atoms with Gasteiger partial charge in [0.2, 0.25) is 15.9 Å². The maximum atomic E-state index is 13.3. The van der Waals surface area contributed by atoms with Crippen molar-refractivity contribution in [2.45, 2.75) is 49.7 Å². The number of aryl methyl sites for hydroxylation is 1. The quantitative estimate of drug-likeness (QED) is 0.661. The fourth-order valence-electron chi connectivity index (χ4n) is 3.88. The zero-order valence-electron chi connectivity index (χ0n) is 17.8. The fourth-order valence-corrected chi connectivity index (χ4v) is 5.57. The standard InChI is InChI=1S/C23H27F3N2O3S/c1-17(11-12-18-7-3-2-4-8-18)27-22(29)19-13-15-28(16-14-19)32(30,31)21-10-6-5-9-20(21)23(24,25)26/h2-10,17,19H,11-16H2,1H3,(H,27,29). The number of sulfonamides is 1. The Morgan fingerprint density at radius 3 is 2.28 bits per heavy atom. The molecule has 5 nitrogen and oxygen atoms in total. The van der Waals surface area contributed by atoms with Crippen LogP contribution in [0.15, 0.2) is 59.5 Å². The van der Waals surface area contributed by atoms with E-state index < -0.39 is 26.7 Å². The Bertz CT molecular complexity index is 1020. The number of carbonyl (C=O) groups is 1. The number of carbonyl (C=O) groups excluding carboxylic acids is 1. The molecule has 0 aromatic heterocycles. The Kier molecular flexibility index (Phi) is 7.61. The van der Waals surface area contributed by atoms with Crippen molar-refractivity contribution in [3.05, 3.63) is 65.7 Å². The molecule has 1 unspecified atom stereocenters. The molecule has 1 atom stereocenters. The molecule has 174 valence electrons. The van der Waals surface area contributed by atoms with Gasteiger partial charge in [0.1, 0.15) is 0 Å². The molecule has 0 radical (unpaired) electrons. The predicted molar refractivity (Wildman–Crippen MR) is 115 cm³/mol. The number of nitrogens with zero attached hydrogens (tertiary/aromatic N) is 1. The van der Waals surface area contributed by atoms with Gasteiger partial charge in [-0.05, 0) is 50.3 Å². The second kappa shape index (κ2) is 10.0. The van der Waals surface area contributed by atoms with Crippen LogP contribution in [0.1, 0.15) is 37.3 Å². The SMILES string of the molecule is CC(CCc1ccccc1)NC(=O)C1CCN(S(=O)(=O)c2ccccc2C(F)(F)F)CC1. The second-order valence-corrected chi connectivity index (χ2v) is 10.0. The van der Waals surface area contributed by atoms with E-state index in [2.05, 4.69) is 5.32 Å². The van der Waals surface area contributed by atoms with Crippen LogP contribution in [0.3, 0.4) is 0 Å². The summed E-state index contributed by atoms with van der Waals surface area (Å²) < 4.78 is 66.6. The van der Waals surface area contributed by atoms with Crippen LogP contribution < -0.4 is 5.32 Å². The van der Waals surface area contributed by atoms with Crippen LogP contribution in [0.4, 0.5) is 13.2 Å².